The average molecular weight is 493 g/mol. The van der Waals surface area contributed by atoms with E-state index in [4.69, 9.17) is 10.8 Å². The third-order valence-corrected chi connectivity index (χ3v) is 4.68. The second-order valence-electron chi connectivity index (χ2n) is 7.27. The molecule has 0 spiro atoms. The Hall–Kier alpha value is -3.42. The van der Waals surface area contributed by atoms with Crippen LogP contribution in [0, 0.1) is 17.5 Å². The number of carboxylic acids is 1. The lowest BCUT2D eigenvalue weighted by molar-refractivity contribution is -0.148. The largest absolute Gasteiger partial charge is 0.478 e. The first kappa shape index (κ1) is 26.8. The van der Waals surface area contributed by atoms with E-state index in [-0.39, 0.29) is 43.9 Å². The van der Waals surface area contributed by atoms with E-state index < -0.39 is 47.4 Å². The highest BCUT2D eigenvalue weighted by Crippen LogP contribution is 2.29. The van der Waals surface area contributed by atoms with Gasteiger partial charge in [0.15, 0.2) is 17.5 Å². The molecule has 0 fully saturated rings. The lowest BCUT2D eigenvalue weighted by Crippen LogP contribution is -2.42. The number of aliphatic carboxylic acids is 1. The zero-order chi connectivity index (χ0) is 25.6. The van der Waals surface area contributed by atoms with Gasteiger partial charge in [-0.2, -0.15) is 13.2 Å². The maximum Gasteiger partial charge on any atom is 0.451 e. The molecular weight excluding hydrogens is 472 g/mol. The van der Waals surface area contributed by atoms with Crippen molar-refractivity contribution in [3.63, 3.8) is 0 Å². The number of carboxylic acid groups (broad SMARTS) is 1. The van der Waals surface area contributed by atoms with Crippen LogP contribution in [0.1, 0.15) is 30.6 Å². The van der Waals surface area contributed by atoms with Crippen molar-refractivity contribution in [2.45, 2.75) is 45.1 Å². The van der Waals surface area contributed by atoms with Gasteiger partial charge in [-0.3, -0.25) is 4.79 Å². The number of amides is 1. The van der Waals surface area contributed by atoms with Gasteiger partial charge in [0.25, 0.3) is 0 Å². The Morgan fingerprint density at radius 2 is 1.79 bits per heavy atom. The summed E-state index contributed by atoms with van der Waals surface area (Å²) in [5.41, 5.74) is 5.64. The van der Waals surface area contributed by atoms with E-state index in [1.54, 1.807) is 6.92 Å². The smallest absolute Gasteiger partial charge is 0.451 e. The van der Waals surface area contributed by atoms with E-state index >= 15 is 0 Å². The molecule has 0 aliphatic carbocycles. The minimum Gasteiger partial charge on any atom is -0.478 e. The number of benzene rings is 1. The van der Waals surface area contributed by atoms with Crippen LogP contribution in [0.5, 0.6) is 0 Å². The minimum atomic E-state index is -4.64. The number of hydrogen-bond acceptors (Lipinski definition) is 5. The van der Waals surface area contributed by atoms with E-state index in [1.165, 1.54) is 11.0 Å². The number of carbonyl (C=O) groups excluding carboxylic acids is 1. The maximum atomic E-state index is 13.7. The van der Waals surface area contributed by atoms with Crippen LogP contribution in [0.2, 0.25) is 0 Å². The quantitative estimate of drug-likeness (QED) is 0.376. The Morgan fingerprint density at radius 1 is 1.15 bits per heavy atom. The summed E-state index contributed by atoms with van der Waals surface area (Å²) in [6, 6.07) is 0.184. The number of nitrogens with two attached hydrogens (primary N) is 1. The molecule has 8 nitrogen and oxygen atoms in total. The number of nitrogens with zero attached hydrogens (tertiary/aromatic N) is 4. The van der Waals surface area contributed by atoms with Crippen molar-refractivity contribution in [1.29, 1.82) is 0 Å². The Morgan fingerprint density at radius 3 is 2.35 bits per heavy atom. The van der Waals surface area contributed by atoms with Crippen LogP contribution in [0.15, 0.2) is 24.3 Å². The van der Waals surface area contributed by atoms with Crippen molar-refractivity contribution >= 4 is 11.9 Å². The van der Waals surface area contributed by atoms with Gasteiger partial charge in [0.1, 0.15) is 5.82 Å². The highest BCUT2D eigenvalue weighted by atomic mass is 19.4. The normalized spacial score (nSPS) is 14.4. The van der Waals surface area contributed by atoms with Gasteiger partial charge in [-0.05, 0) is 25.0 Å². The second-order valence-corrected chi connectivity index (χ2v) is 7.27. The van der Waals surface area contributed by atoms with Gasteiger partial charge in [0, 0.05) is 37.7 Å². The summed E-state index contributed by atoms with van der Waals surface area (Å²) >= 11 is 0. The first-order valence-corrected chi connectivity index (χ1v) is 9.85. The van der Waals surface area contributed by atoms with E-state index in [9.17, 15) is 35.9 Å². The first-order valence-electron chi connectivity index (χ1n) is 9.85. The van der Waals surface area contributed by atoms with Gasteiger partial charge in [0.2, 0.25) is 11.7 Å². The number of aromatic nitrogens is 3. The van der Waals surface area contributed by atoms with Gasteiger partial charge in [-0.15, -0.1) is 10.2 Å². The van der Waals surface area contributed by atoms with Crippen LogP contribution in [0.4, 0.5) is 26.3 Å². The molecule has 2 heterocycles. The van der Waals surface area contributed by atoms with Crippen molar-refractivity contribution in [2.24, 2.45) is 5.73 Å². The average Bonchev–Trinajstić information content (AvgIpc) is 3.16. The van der Waals surface area contributed by atoms with E-state index in [2.05, 4.69) is 10.2 Å². The zero-order valence-electron chi connectivity index (χ0n) is 17.8. The molecule has 0 saturated heterocycles. The van der Waals surface area contributed by atoms with Crippen LogP contribution < -0.4 is 5.73 Å². The summed E-state index contributed by atoms with van der Waals surface area (Å²) in [4.78, 5) is 23.1. The fourth-order valence-corrected chi connectivity index (χ4v) is 3.15. The molecule has 1 aromatic carbocycles. The van der Waals surface area contributed by atoms with E-state index in [0.29, 0.717) is 12.1 Å². The SMILES string of the molecule is C/C=C/C(=O)O.N[C@@H](CC(=O)N1CCn2c(nnc2C(F)(F)F)C1)Cc1cc(F)c(F)cc1F. The minimum absolute atomic E-state index is 0.000783. The molecule has 1 aliphatic heterocycles. The predicted octanol–water partition coefficient (Wildman–Crippen LogP) is 2.66. The fourth-order valence-electron chi connectivity index (χ4n) is 3.15. The molecule has 1 aromatic heterocycles. The topological polar surface area (TPSA) is 114 Å². The third-order valence-electron chi connectivity index (χ3n) is 4.68. The molecule has 3 rings (SSSR count). The van der Waals surface area contributed by atoms with Crippen molar-refractivity contribution in [1.82, 2.24) is 19.7 Å². The monoisotopic (exact) mass is 493 g/mol. The van der Waals surface area contributed by atoms with Crippen LogP contribution >= 0.6 is 0 Å². The van der Waals surface area contributed by atoms with Crippen LogP contribution in [-0.4, -0.2) is 49.2 Å². The summed E-state index contributed by atoms with van der Waals surface area (Å²) in [6.45, 7) is 1.36. The van der Waals surface area contributed by atoms with E-state index in [1.807, 2.05) is 0 Å². The summed E-state index contributed by atoms with van der Waals surface area (Å²) in [7, 11) is 0. The fraction of sp³-hybridized carbons (Fsp3) is 0.400. The van der Waals surface area contributed by atoms with Crippen molar-refractivity contribution in [2.75, 3.05) is 6.54 Å². The van der Waals surface area contributed by atoms with Gasteiger partial charge in [-0.25, -0.2) is 18.0 Å². The molecule has 0 unspecified atom stereocenters. The van der Waals surface area contributed by atoms with Crippen molar-refractivity contribution in [3.05, 3.63) is 58.9 Å². The molecule has 1 aliphatic rings. The van der Waals surface area contributed by atoms with Crippen LogP contribution in [-0.2, 0) is 35.3 Å². The predicted molar refractivity (Wildman–Crippen MR) is 106 cm³/mol. The molecule has 0 saturated carbocycles. The molecule has 2 aromatic rings. The van der Waals surface area contributed by atoms with E-state index in [0.717, 1.165) is 10.6 Å². The molecule has 1 atom stereocenters. The molecular formula is C20H21F6N5O3. The van der Waals surface area contributed by atoms with Crippen LogP contribution in [0.3, 0.4) is 0 Å². The molecule has 3 N–H and O–H groups in total. The lowest BCUT2D eigenvalue weighted by Gasteiger charge is -2.29. The second kappa shape index (κ2) is 11.1. The van der Waals surface area contributed by atoms with Gasteiger partial charge >= 0.3 is 12.1 Å². The Balaban J connectivity index is 0.000000604. The number of rotatable bonds is 5. The van der Waals surface area contributed by atoms with Crippen LogP contribution in [0.25, 0.3) is 0 Å². The summed E-state index contributed by atoms with van der Waals surface area (Å²) in [6.07, 6.45) is -2.55. The lowest BCUT2D eigenvalue weighted by atomic mass is 10.0. The molecule has 14 heteroatoms. The van der Waals surface area contributed by atoms with Gasteiger partial charge < -0.3 is 20.3 Å². The molecule has 186 valence electrons. The standard InChI is InChI=1S/C16H15F6N5O.C4H6O2/c17-10-6-12(19)11(18)4-8(10)3-9(23)5-14(28)26-1-2-27-13(7-26)24-25-15(27)16(20,21)22;1-2-3-4(5)6/h4,6,9H,1-3,5,7,23H2;2-3H,1H3,(H,5,6)/b;3-2+/t9-;/m1./s1. The number of fused-ring (bicyclic) bond motifs is 1. The Bertz CT molecular complexity index is 1070. The Kier molecular flexibility index (Phi) is 8.79. The third kappa shape index (κ3) is 7.04. The summed E-state index contributed by atoms with van der Waals surface area (Å²) in [5, 5.41) is 14.4. The maximum absolute atomic E-state index is 13.7. The number of halogens is 6. The highest BCUT2D eigenvalue weighted by Gasteiger charge is 2.40. The molecule has 0 radical (unpaired) electrons. The molecule has 34 heavy (non-hydrogen) atoms. The number of alkyl halides is 3. The van der Waals surface area contributed by atoms with Crippen molar-refractivity contribution < 1.29 is 41.0 Å². The zero-order valence-corrected chi connectivity index (χ0v) is 17.8. The first-order chi connectivity index (χ1) is 15.8. The van der Waals surface area contributed by atoms with Gasteiger partial charge in [0.05, 0.1) is 6.54 Å². The number of allylic oxidation sites excluding steroid dienone is 1. The summed E-state index contributed by atoms with van der Waals surface area (Å²) < 4.78 is 79.3. The van der Waals surface area contributed by atoms with Crippen molar-refractivity contribution in [3.8, 4) is 0 Å². The van der Waals surface area contributed by atoms with Gasteiger partial charge in [-0.1, -0.05) is 6.08 Å². The highest BCUT2D eigenvalue weighted by molar-refractivity contribution is 5.79. The summed E-state index contributed by atoms with van der Waals surface area (Å²) in [5.74, 6) is -6.04. The number of hydrogen-bond donors (Lipinski definition) is 2. The molecule has 1 amide bonds. The number of carbonyl (C=O) groups is 2. The Labute approximate surface area is 189 Å². The molecule has 0 bridgehead atoms.